The van der Waals surface area contributed by atoms with E-state index >= 15 is 0 Å². The summed E-state index contributed by atoms with van der Waals surface area (Å²) < 4.78 is 5.28. The summed E-state index contributed by atoms with van der Waals surface area (Å²) in [6.45, 7) is 4.20. The van der Waals surface area contributed by atoms with Crippen LogP contribution in [0.4, 0.5) is 0 Å². The van der Waals surface area contributed by atoms with Crippen LogP contribution in [0.1, 0.15) is 55.5 Å². The fourth-order valence-electron chi connectivity index (χ4n) is 2.32. The van der Waals surface area contributed by atoms with E-state index in [0.29, 0.717) is 17.7 Å². The number of esters is 1. The summed E-state index contributed by atoms with van der Waals surface area (Å²) in [6.07, 6.45) is 4.36. The van der Waals surface area contributed by atoms with Crippen molar-refractivity contribution in [1.82, 2.24) is 0 Å². The number of unbranched alkanes of at least 4 members (excludes halogenated alkanes) is 2. The van der Waals surface area contributed by atoms with Gasteiger partial charge in [0.25, 0.3) is 0 Å². The minimum absolute atomic E-state index is 0.0231. The van der Waals surface area contributed by atoms with E-state index in [4.69, 9.17) is 4.74 Å². The molecule has 0 heterocycles. The second-order valence-electron chi connectivity index (χ2n) is 5.84. The zero-order valence-corrected chi connectivity index (χ0v) is 15.6. The van der Waals surface area contributed by atoms with Gasteiger partial charge in [-0.25, -0.2) is 0 Å². The SMILES string of the molecule is CCCCCC(=O)Oc1ccc(C(=O)Sc2ccc(CC)cc2)cc1. The van der Waals surface area contributed by atoms with E-state index in [1.54, 1.807) is 24.3 Å². The molecule has 2 aromatic rings. The first-order valence-corrected chi connectivity index (χ1v) is 9.56. The van der Waals surface area contributed by atoms with Crippen molar-refractivity contribution < 1.29 is 14.3 Å². The van der Waals surface area contributed by atoms with Crippen LogP contribution in [0.2, 0.25) is 0 Å². The first kappa shape index (κ1) is 19.3. The number of aryl methyl sites for hydroxylation is 1. The highest BCUT2D eigenvalue weighted by Gasteiger charge is 2.10. The Morgan fingerprint density at radius 2 is 1.60 bits per heavy atom. The molecule has 0 aromatic heterocycles. The van der Waals surface area contributed by atoms with E-state index in [9.17, 15) is 9.59 Å². The molecule has 0 radical (unpaired) electrons. The van der Waals surface area contributed by atoms with Gasteiger partial charge in [-0.1, -0.05) is 38.8 Å². The number of hydrogen-bond donors (Lipinski definition) is 0. The summed E-state index contributed by atoms with van der Waals surface area (Å²) >= 11 is 1.20. The van der Waals surface area contributed by atoms with E-state index in [1.807, 2.05) is 24.3 Å². The lowest BCUT2D eigenvalue weighted by Gasteiger charge is -2.06. The quantitative estimate of drug-likeness (QED) is 0.265. The normalized spacial score (nSPS) is 10.5. The molecule has 0 saturated carbocycles. The molecule has 0 spiro atoms. The molecule has 0 atom stereocenters. The van der Waals surface area contributed by atoms with E-state index in [-0.39, 0.29) is 11.1 Å². The highest BCUT2D eigenvalue weighted by atomic mass is 32.2. The van der Waals surface area contributed by atoms with Crippen molar-refractivity contribution in [3.05, 3.63) is 59.7 Å². The van der Waals surface area contributed by atoms with Crippen molar-refractivity contribution in [1.29, 1.82) is 0 Å². The van der Waals surface area contributed by atoms with Gasteiger partial charge in [0.05, 0.1) is 0 Å². The molecule has 2 rings (SSSR count). The third-order valence-electron chi connectivity index (χ3n) is 3.85. The van der Waals surface area contributed by atoms with E-state index in [2.05, 4.69) is 13.8 Å². The molecule has 0 bridgehead atoms. The van der Waals surface area contributed by atoms with Crippen molar-refractivity contribution in [2.24, 2.45) is 0 Å². The van der Waals surface area contributed by atoms with Crippen molar-refractivity contribution in [3.63, 3.8) is 0 Å². The smallest absolute Gasteiger partial charge is 0.311 e. The molecule has 0 aliphatic heterocycles. The molecule has 0 amide bonds. The zero-order chi connectivity index (χ0) is 18.1. The third-order valence-corrected chi connectivity index (χ3v) is 4.78. The van der Waals surface area contributed by atoms with Gasteiger partial charge < -0.3 is 4.74 Å². The van der Waals surface area contributed by atoms with Crippen LogP contribution in [0.15, 0.2) is 53.4 Å². The van der Waals surface area contributed by atoms with Crippen LogP contribution < -0.4 is 4.74 Å². The predicted molar refractivity (Wildman–Crippen MR) is 102 cm³/mol. The number of ether oxygens (including phenoxy) is 1. The molecule has 0 saturated heterocycles. The Labute approximate surface area is 153 Å². The first-order valence-electron chi connectivity index (χ1n) is 8.74. The lowest BCUT2D eigenvalue weighted by Crippen LogP contribution is -2.07. The Bertz CT molecular complexity index is 690. The molecule has 0 fully saturated rings. The highest BCUT2D eigenvalue weighted by Crippen LogP contribution is 2.24. The van der Waals surface area contributed by atoms with Gasteiger partial charge in [0, 0.05) is 16.9 Å². The summed E-state index contributed by atoms with van der Waals surface area (Å²) in [7, 11) is 0. The summed E-state index contributed by atoms with van der Waals surface area (Å²) in [4.78, 5) is 25.0. The van der Waals surface area contributed by atoms with Crippen LogP contribution in [-0.2, 0) is 11.2 Å². The van der Waals surface area contributed by atoms with Gasteiger partial charge in [0.2, 0.25) is 5.12 Å². The van der Waals surface area contributed by atoms with Crippen LogP contribution >= 0.6 is 11.8 Å². The van der Waals surface area contributed by atoms with Gasteiger partial charge in [0.15, 0.2) is 0 Å². The Balaban J connectivity index is 1.89. The molecule has 3 nitrogen and oxygen atoms in total. The van der Waals surface area contributed by atoms with Gasteiger partial charge >= 0.3 is 5.97 Å². The maximum Gasteiger partial charge on any atom is 0.311 e. The van der Waals surface area contributed by atoms with Gasteiger partial charge in [0.1, 0.15) is 5.75 Å². The Morgan fingerprint density at radius 3 is 2.20 bits per heavy atom. The zero-order valence-electron chi connectivity index (χ0n) is 14.8. The minimum Gasteiger partial charge on any atom is -0.427 e. The average molecular weight is 356 g/mol. The second kappa shape index (κ2) is 10.0. The van der Waals surface area contributed by atoms with Gasteiger partial charge in [-0.3, -0.25) is 9.59 Å². The van der Waals surface area contributed by atoms with Crippen molar-refractivity contribution >= 4 is 22.8 Å². The summed E-state index contributed by atoms with van der Waals surface area (Å²) in [5, 5.41) is -0.0231. The number of benzene rings is 2. The number of carbonyl (C=O) groups is 2. The van der Waals surface area contributed by atoms with Gasteiger partial charge in [-0.15, -0.1) is 0 Å². The lowest BCUT2D eigenvalue weighted by atomic mass is 10.2. The van der Waals surface area contributed by atoms with Gasteiger partial charge in [-0.05, 0) is 66.6 Å². The Hall–Kier alpha value is -2.07. The van der Waals surface area contributed by atoms with Crippen LogP contribution in [0.5, 0.6) is 5.75 Å². The first-order chi connectivity index (χ1) is 12.1. The molecule has 132 valence electrons. The summed E-state index contributed by atoms with van der Waals surface area (Å²) in [6, 6.07) is 14.8. The fraction of sp³-hybridized carbons (Fsp3) is 0.333. The maximum atomic E-state index is 12.3. The van der Waals surface area contributed by atoms with Crippen molar-refractivity contribution in [2.75, 3.05) is 0 Å². The molecule has 0 aliphatic carbocycles. The maximum absolute atomic E-state index is 12.3. The topological polar surface area (TPSA) is 43.4 Å². The Kier molecular flexibility index (Phi) is 7.74. The molecular formula is C21H24O3S. The summed E-state index contributed by atoms with van der Waals surface area (Å²) in [5.41, 5.74) is 1.84. The van der Waals surface area contributed by atoms with E-state index < -0.39 is 0 Å². The average Bonchev–Trinajstić information content (AvgIpc) is 2.63. The number of thioether (sulfide) groups is 1. The summed E-state index contributed by atoms with van der Waals surface area (Å²) in [5.74, 6) is 0.258. The minimum atomic E-state index is -0.224. The molecule has 25 heavy (non-hydrogen) atoms. The highest BCUT2D eigenvalue weighted by molar-refractivity contribution is 8.14. The van der Waals surface area contributed by atoms with Crippen molar-refractivity contribution in [3.8, 4) is 5.75 Å². The van der Waals surface area contributed by atoms with Crippen LogP contribution in [0, 0.1) is 0 Å². The number of carbonyl (C=O) groups excluding carboxylic acids is 2. The Morgan fingerprint density at radius 1 is 0.920 bits per heavy atom. The monoisotopic (exact) mass is 356 g/mol. The van der Waals surface area contributed by atoms with Crippen LogP contribution in [-0.4, -0.2) is 11.1 Å². The molecular weight excluding hydrogens is 332 g/mol. The fourth-order valence-corrected chi connectivity index (χ4v) is 3.06. The largest absolute Gasteiger partial charge is 0.427 e. The predicted octanol–water partition coefficient (Wildman–Crippen LogP) is 5.67. The molecule has 4 heteroatoms. The van der Waals surface area contributed by atoms with Gasteiger partial charge in [-0.2, -0.15) is 0 Å². The molecule has 2 aromatic carbocycles. The molecule has 0 aliphatic rings. The molecule has 0 unspecified atom stereocenters. The number of rotatable bonds is 8. The molecule has 0 N–H and O–H groups in total. The van der Waals surface area contributed by atoms with Crippen LogP contribution in [0.25, 0.3) is 0 Å². The standard InChI is InChI=1S/C21H24O3S/c1-3-5-6-7-20(22)24-18-12-10-17(11-13-18)21(23)25-19-14-8-16(4-2)9-15-19/h8-15H,3-7H2,1-2H3. The second-order valence-corrected chi connectivity index (χ2v) is 6.89. The van der Waals surface area contributed by atoms with Crippen molar-refractivity contribution in [2.45, 2.75) is 50.8 Å². The third kappa shape index (κ3) is 6.39. The van der Waals surface area contributed by atoms with E-state index in [1.165, 1.54) is 17.3 Å². The number of hydrogen-bond acceptors (Lipinski definition) is 4. The van der Waals surface area contributed by atoms with E-state index in [0.717, 1.165) is 30.6 Å². The lowest BCUT2D eigenvalue weighted by molar-refractivity contribution is -0.134. The van der Waals surface area contributed by atoms with Crippen LogP contribution in [0.3, 0.4) is 0 Å².